The van der Waals surface area contributed by atoms with E-state index in [9.17, 15) is 0 Å². The van der Waals surface area contributed by atoms with Gasteiger partial charge in [0.05, 0.1) is 4.34 Å². The van der Waals surface area contributed by atoms with Crippen molar-refractivity contribution in [2.45, 2.75) is 45.4 Å². The number of halogens is 1. The first-order valence-corrected chi connectivity index (χ1v) is 8.42. The molecule has 1 aromatic carbocycles. The maximum atomic E-state index is 6.11. The Bertz CT molecular complexity index is 650. The fourth-order valence-electron chi connectivity index (χ4n) is 2.74. The number of benzene rings is 1. The van der Waals surface area contributed by atoms with Gasteiger partial charge in [0.1, 0.15) is 11.4 Å². The van der Waals surface area contributed by atoms with Gasteiger partial charge in [-0.2, -0.15) is 0 Å². The summed E-state index contributed by atoms with van der Waals surface area (Å²) in [6.07, 6.45) is 0.978. The molecular formula is C17H20ClNOS. The summed E-state index contributed by atoms with van der Waals surface area (Å²) in [6, 6.07) is 10.7. The lowest BCUT2D eigenvalue weighted by Gasteiger charge is -2.19. The molecule has 0 bridgehead atoms. The Hall–Kier alpha value is -1.03. The quantitative estimate of drug-likeness (QED) is 0.858. The van der Waals surface area contributed by atoms with Crippen molar-refractivity contribution in [3.63, 3.8) is 0 Å². The van der Waals surface area contributed by atoms with Crippen molar-refractivity contribution in [1.29, 1.82) is 0 Å². The van der Waals surface area contributed by atoms with Crippen molar-refractivity contribution >= 4 is 22.9 Å². The molecular weight excluding hydrogens is 302 g/mol. The summed E-state index contributed by atoms with van der Waals surface area (Å²) in [7, 11) is 0. The van der Waals surface area contributed by atoms with Crippen LogP contribution in [0.15, 0.2) is 30.3 Å². The van der Waals surface area contributed by atoms with Gasteiger partial charge in [-0.1, -0.05) is 29.8 Å². The number of nitrogens with one attached hydrogen (secondary N) is 1. The van der Waals surface area contributed by atoms with Gasteiger partial charge < -0.3 is 10.1 Å². The van der Waals surface area contributed by atoms with Crippen molar-refractivity contribution in [3.8, 4) is 5.75 Å². The SMILES string of the molecule is CC(NCc1cccc2c1OC(C)(C)C2)c1ccc(Cl)s1. The van der Waals surface area contributed by atoms with E-state index in [2.05, 4.69) is 50.4 Å². The summed E-state index contributed by atoms with van der Waals surface area (Å²) < 4.78 is 6.95. The van der Waals surface area contributed by atoms with Crippen LogP contribution >= 0.6 is 22.9 Å². The summed E-state index contributed by atoms with van der Waals surface area (Å²) in [5.41, 5.74) is 2.45. The molecule has 1 unspecified atom stereocenters. The van der Waals surface area contributed by atoms with E-state index in [0.29, 0.717) is 0 Å². The van der Waals surface area contributed by atoms with Gasteiger partial charge in [0.25, 0.3) is 0 Å². The van der Waals surface area contributed by atoms with E-state index >= 15 is 0 Å². The van der Waals surface area contributed by atoms with E-state index in [1.165, 1.54) is 16.0 Å². The molecule has 21 heavy (non-hydrogen) atoms. The maximum Gasteiger partial charge on any atom is 0.127 e. The lowest BCUT2D eigenvalue weighted by atomic mass is 10.0. The van der Waals surface area contributed by atoms with Gasteiger partial charge >= 0.3 is 0 Å². The van der Waals surface area contributed by atoms with Gasteiger partial charge in [-0.15, -0.1) is 11.3 Å². The molecule has 1 aliphatic rings. The summed E-state index contributed by atoms with van der Waals surface area (Å²) in [6.45, 7) is 7.24. The number of rotatable bonds is 4. The third-order valence-electron chi connectivity index (χ3n) is 3.79. The van der Waals surface area contributed by atoms with Crippen molar-refractivity contribution in [3.05, 3.63) is 50.7 Å². The van der Waals surface area contributed by atoms with Crippen molar-refractivity contribution in [1.82, 2.24) is 5.32 Å². The first kappa shape index (κ1) is 14.9. The zero-order valence-corrected chi connectivity index (χ0v) is 14.1. The van der Waals surface area contributed by atoms with Crippen LogP contribution in [0.5, 0.6) is 5.75 Å². The molecule has 0 radical (unpaired) electrons. The number of hydrogen-bond donors (Lipinski definition) is 1. The second-order valence-electron chi connectivity index (χ2n) is 6.19. The molecule has 1 atom stereocenters. The minimum Gasteiger partial charge on any atom is -0.487 e. The average Bonchev–Trinajstić information content (AvgIpc) is 2.97. The van der Waals surface area contributed by atoms with Gasteiger partial charge in [0.2, 0.25) is 0 Å². The largest absolute Gasteiger partial charge is 0.487 e. The molecule has 112 valence electrons. The Balaban J connectivity index is 1.71. The van der Waals surface area contributed by atoms with Crippen LogP contribution in [0.25, 0.3) is 0 Å². The first-order valence-electron chi connectivity index (χ1n) is 7.23. The van der Waals surface area contributed by atoms with Crippen LogP contribution in [-0.4, -0.2) is 5.60 Å². The van der Waals surface area contributed by atoms with E-state index < -0.39 is 0 Å². The number of thiophene rings is 1. The van der Waals surface area contributed by atoms with Gasteiger partial charge in [0.15, 0.2) is 0 Å². The molecule has 0 fully saturated rings. The minimum absolute atomic E-state index is 0.0919. The average molecular weight is 322 g/mol. The third kappa shape index (κ3) is 3.25. The highest BCUT2D eigenvalue weighted by molar-refractivity contribution is 7.16. The summed E-state index contributed by atoms with van der Waals surface area (Å²) in [5.74, 6) is 1.06. The normalized spacial score (nSPS) is 17.3. The number of hydrogen-bond acceptors (Lipinski definition) is 3. The third-order valence-corrected chi connectivity index (χ3v) is 5.21. The lowest BCUT2D eigenvalue weighted by Crippen LogP contribution is -2.25. The molecule has 1 aromatic heterocycles. The molecule has 0 aliphatic carbocycles. The molecule has 0 saturated carbocycles. The molecule has 1 aliphatic heterocycles. The van der Waals surface area contributed by atoms with Crippen molar-refractivity contribution in [2.75, 3.05) is 0 Å². The van der Waals surface area contributed by atoms with Crippen LogP contribution in [0.2, 0.25) is 4.34 Å². The number of fused-ring (bicyclic) bond motifs is 1. The second-order valence-corrected chi connectivity index (χ2v) is 7.94. The molecule has 1 N–H and O–H groups in total. The van der Waals surface area contributed by atoms with Gasteiger partial charge in [-0.25, -0.2) is 0 Å². The predicted molar refractivity (Wildman–Crippen MR) is 89.4 cm³/mol. The monoisotopic (exact) mass is 321 g/mol. The molecule has 3 rings (SSSR count). The Morgan fingerprint density at radius 2 is 2.14 bits per heavy atom. The van der Waals surface area contributed by atoms with Crippen LogP contribution in [0, 0.1) is 0 Å². The van der Waals surface area contributed by atoms with Crippen LogP contribution in [0.1, 0.15) is 42.8 Å². The minimum atomic E-state index is -0.0919. The van der Waals surface area contributed by atoms with Crippen LogP contribution in [-0.2, 0) is 13.0 Å². The van der Waals surface area contributed by atoms with Gasteiger partial charge in [-0.05, 0) is 38.5 Å². The van der Waals surface area contributed by atoms with E-state index in [-0.39, 0.29) is 11.6 Å². The predicted octanol–water partition coefficient (Wildman–Crippen LogP) is 4.97. The molecule has 2 nitrogen and oxygen atoms in total. The highest BCUT2D eigenvalue weighted by Gasteiger charge is 2.31. The fourth-order valence-corrected chi connectivity index (χ4v) is 3.83. The zero-order chi connectivity index (χ0) is 15.0. The smallest absolute Gasteiger partial charge is 0.127 e. The topological polar surface area (TPSA) is 21.3 Å². The van der Waals surface area contributed by atoms with Crippen LogP contribution in [0.4, 0.5) is 0 Å². The van der Waals surface area contributed by atoms with Crippen LogP contribution < -0.4 is 10.1 Å². The first-order chi connectivity index (χ1) is 9.94. The van der Waals surface area contributed by atoms with E-state index in [1.807, 2.05) is 6.07 Å². The fraction of sp³-hybridized carbons (Fsp3) is 0.412. The summed E-state index contributed by atoms with van der Waals surface area (Å²) in [4.78, 5) is 1.26. The van der Waals surface area contributed by atoms with Gasteiger partial charge in [-0.3, -0.25) is 0 Å². The van der Waals surface area contributed by atoms with E-state index in [4.69, 9.17) is 16.3 Å². The molecule has 4 heteroatoms. The Morgan fingerprint density at radius 3 is 2.86 bits per heavy atom. The Labute approximate surface area is 135 Å². The second kappa shape index (κ2) is 5.64. The summed E-state index contributed by atoms with van der Waals surface area (Å²) in [5, 5.41) is 3.56. The maximum absolute atomic E-state index is 6.11. The molecule has 2 aromatic rings. The highest BCUT2D eigenvalue weighted by Crippen LogP contribution is 2.37. The Kier molecular flexibility index (Phi) is 4.00. The molecule has 0 amide bonds. The van der Waals surface area contributed by atoms with Crippen LogP contribution in [0.3, 0.4) is 0 Å². The molecule has 2 heterocycles. The molecule has 0 saturated heterocycles. The lowest BCUT2D eigenvalue weighted by molar-refractivity contribution is 0.137. The van der Waals surface area contributed by atoms with E-state index in [1.54, 1.807) is 11.3 Å². The molecule has 0 spiro atoms. The van der Waals surface area contributed by atoms with Gasteiger partial charge in [0, 0.05) is 29.4 Å². The Morgan fingerprint density at radius 1 is 1.33 bits per heavy atom. The van der Waals surface area contributed by atoms with Crippen molar-refractivity contribution in [2.24, 2.45) is 0 Å². The van der Waals surface area contributed by atoms with E-state index in [0.717, 1.165) is 23.1 Å². The zero-order valence-electron chi connectivity index (χ0n) is 12.6. The number of para-hydroxylation sites is 1. The highest BCUT2D eigenvalue weighted by atomic mass is 35.5. The summed E-state index contributed by atoms with van der Waals surface area (Å²) >= 11 is 7.63. The standard InChI is InChI=1S/C17H20ClNOS/c1-11(14-7-8-15(18)21-14)19-10-13-6-4-5-12-9-17(2,3)20-16(12)13/h4-8,11,19H,9-10H2,1-3H3. The number of ether oxygens (including phenoxy) is 1. The van der Waals surface area contributed by atoms with Crippen molar-refractivity contribution < 1.29 is 4.74 Å².